The van der Waals surface area contributed by atoms with Crippen LogP contribution in [0.1, 0.15) is 16.7 Å². The van der Waals surface area contributed by atoms with E-state index in [-0.39, 0.29) is 17.5 Å². The highest BCUT2D eigenvalue weighted by molar-refractivity contribution is 7.81. The topological polar surface area (TPSA) is 46.2 Å². The summed E-state index contributed by atoms with van der Waals surface area (Å²) in [5.74, 6) is 0. The molecule has 0 aromatic heterocycles. The lowest BCUT2D eigenvalue weighted by Crippen LogP contribution is -2.59. The van der Waals surface area contributed by atoms with Gasteiger partial charge in [-0.2, -0.15) is 12.6 Å². The van der Waals surface area contributed by atoms with Crippen LogP contribution in [0.3, 0.4) is 0 Å². The van der Waals surface area contributed by atoms with Crippen LogP contribution < -0.4 is 0 Å². The molecule has 0 unspecified atom stereocenters. The summed E-state index contributed by atoms with van der Waals surface area (Å²) < 4.78 is 30.6. The van der Waals surface area contributed by atoms with Crippen molar-refractivity contribution in [1.82, 2.24) is 0 Å². The number of hydrogen-bond donors (Lipinski definition) is 1. The molecule has 5 nitrogen and oxygen atoms in total. The van der Waals surface area contributed by atoms with Gasteiger partial charge in [-0.3, -0.25) is 0 Å². The van der Waals surface area contributed by atoms with Crippen LogP contribution in [0.15, 0.2) is 91.0 Å². The van der Waals surface area contributed by atoms with Crippen LogP contribution in [0.4, 0.5) is 0 Å². The molecule has 6 heteroatoms. The van der Waals surface area contributed by atoms with Crippen molar-refractivity contribution in [3.63, 3.8) is 0 Å². The second kappa shape index (κ2) is 13.0. The van der Waals surface area contributed by atoms with Gasteiger partial charge in [0.25, 0.3) is 0 Å². The van der Waals surface area contributed by atoms with Crippen LogP contribution in [0.25, 0.3) is 0 Å². The minimum absolute atomic E-state index is 0.258. The van der Waals surface area contributed by atoms with E-state index in [2.05, 4.69) is 0 Å². The fourth-order valence-corrected chi connectivity index (χ4v) is 4.40. The summed E-state index contributed by atoms with van der Waals surface area (Å²) in [7, 11) is 1.62. The second-order valence-corrected chi connectivity index (χ2v) is 8.89. The van der Waals surface area contributed by atoms with Crippen LogP contribution >= 0.6 is 12.6 Å². The summed E-state index contributed by atoms with van der Waals surface area (Å²) in [6.45, 7) is 1.75. The van der Waals surface area contributed by atoms with Gasteiger partial charge in [-0.05, 0) is 16.7 Å². The van der Waals surface area contributed by atoms with Crippen molar-refractivity contribution in [3.05, 3.63) is 108 Å². The molecule has 0 aliphatic carbocycles. The Morgan fingerprint density at radius 1 is 0.676 bits per heavy atom. The lowest BCUT2D eigenvalue weighted by Gasteiger charge is -2.44. The van der Waals surface area contributed by atoms with E-state index >= 15 is 0 Å². The van der Waals surface area contributed by atoms with Crippen molar-refractivity contribution in [3.8, 4) is 0 Å². The fraction of sp³-hybridized carbons (Fsp3) is 0.357. The molecular weight excluding hydrogens is 448 g/mol. The Balaban J connectivity index is 1.44. The average Bonchev–Trinajstić information content (AvgIpc) is 2.89. The van der Waals surface area contributed by atoms with Crippen molar-refractivity contribution in [1.29, 1.82) is 0 Å². The van der Waals surface area contributed by atoms with Gasteiger partial charge in [0, 0.05) is 7.11 Å². The molecule has 1 aliphatic heterocycles. The van der Waals surface area contributed by atoms with Gasteiger partial charge >= 0.3 is 0 Å². The molecule has 4 rings (SSSR count). The normalized spacial score (nSPS) is 24.7. The highest BCUT2D eigenvalue weighted by atomic mass is 32.1. The summed E-state index contributed by atoms with van der Waals surface area (Å²) in [5, 5.41) is -0.258. The van der Waals surface area contributed by atoms with Crippen LogP contribution in [-0.4, -0.2) is 43.6 Å². The quantitative estimate of drug-likeness (QED) is 0.390. The third-order valence-corrected chi connectivity index (χ3v) is 6.44. The molecule has 0 N–H and O–H groups in total. The molecule has 3 aromatic rings. The van der Waals surface area contributed by atoms with Crippen molar-refractivity contribution in [2.75, 3.05) is 13.7 Å². The van der Waals surface area contributed by atoms with Gasteiger partial charge in [0.15, 0.2) is 6.29 Å². The molecule has 180 valence electrons. The Kier molecular flexibility index (Phi) is 9.56. The number of thiol groups is 1. The zero-order valence-electron chi connectivity index (χ0n) is 19.4. The summed E-state index contributed by atoms with van der Waals surface area (Å²) in [4.78, 5) is 0. The molecule has 5 atom stereocenters. The molecule has 1 fully saturated rings. The van der Waals surface area contributed by atoms with Crippen molar-refractivity contribution in [2.45, 2.75) is 49.7 Å². The van der Waals surface area contributed by atoms with E-state index in [9.17, 15) is 0 Å². The Hall–Kier alpha value is -2.19. The van der Waals surface area contributed by atoms with E-state index in [1.807, 2.05) is 91.0 Å². The highest BCUT2D eigenvalue weighted by Gasteiger charge is 2.46. The van der Waals surface area contributed by atoms with E-state index in [4.69, 9.17) is 36.3 Å². The van der Waals surface area contributed by atoms with Crippen molar-refractivity contribution >= 4 is 12.6 Å². The molecule has 0 radical (unpaired) electrons. The minimum Gasteiger partial charge on any atom is -0.374 e. The van der Waals surface area contributed by atoms with Crippen LogP contribution in [0.5, 0.6) is 0 Å². The maximum Gasteiger partial charge on any atom is 0.186 e. The van der Waals surface area contributed by atoms with Gasteiger partial charge in [0.05, 0.1) is 37.8 Å². The molecule has 1 aliphatic rings. The van der Waals surface area contributed by atoms with Crippen LogP contribution in [-0.2, 0) is 43.5 Å². The molecule has 1 heterocycles. The lowest BCUT2D eigenvalue weighted by molar-refractivity contribution is -0.282. The molecule has 3 aromatic carbocycles. The number of ether oxygens (including phenoxy) is 5. The van der Waals surface area contributed by atoms with Gasteiger partial charge in [0.2, 0.25) is 0 Å². The SMILES string of the molecule is CO[C@H]1O[C@H](COCc2ccccc2)[C@H](S)[C@H](OCc2ccccc2)[C@H]1OCc1ccccc1. The van der Waals surface area contributed by atoms with Gasteiger partial charge in [-0.15, -0.1) is 0 Å². The molecule has 0 saturated carbocycles. The standard InChI is InChI=1S/C28H32O5S/c1-29-28-26(32-19-23-15-9-4-10-16-23)25(31-18-22-13-7-3-8-14-22)27(34)24(33-28)20-30-17-21-11-5-2-6-12-21/h2-16,24-28,34H,17-20H2,1H3/t24-,25-,26-,27+,28+/m1/s1. The Labute approximate surface area is 207 Å². The van der Waals surface area contributed by atoms with Gasteiger partial charge in [-0.1, -0.05) is 91.0 Å². The Bertz CT molecular complexity index is 956. The number of methoxy groups -OCH3 is 1. The van der Waals surface area contributed by atoms with Crippen LogP contribution in [0.2, 0.25) is 0 Å². The largest absolute Gasteiger partial charge is 0.374 e. The fourth-order valence-electron chi connectivity index (χ4n) is 3.99. The summed E-state index contributed by atoms with van der Waals surface area (Å²) in [6.07, 6.45) is -1.70. The Morgan fingerprint density at radius 3 is 1.65 bits per heavy atom. The molecule has 0 amide bonds. The van der Waals surface area contributed by atoms with Gasteiger partial charge < -0.3 is 23.7 Å². The molecule has 34 heavy (non-hydrogen) atoms. The summed E-state index contributed by atoms with van der Waals surface area (Å²) in [5.41, 5.74) is 3.27. The first kappa shape index (κ1) is 24.9. The van der Waals surface area contributed by atoms with Crippen molar-refractivity contribution in [2.24, 2.45) is 0 Å². The number of hydrogen-bond acceptors (Lipinski definition) is 6. The van der Waals surface area contributed by atoms with E-state index < -0.39 is 12.4 Å². The van der Waals surface area contributed by atoms with Crippen LogP contribution in [0, 0.1) is 0 Å². The predicted molar refractivity (Wildman–Crippen MR) is 135 cm³/mol. The lowest BCUT2D eigenvalue weighted by atomic mass is 10.0. The molecule has 1 saturated heterocycles. The first-order chi connectivity index (χ1) is 16.7. The molecule has 0 bridgehead atoms. The zero-order valence-corrected chi connectivity index (χ0v) is 20.3. The number of benzene rings is 3. The monoisotopic (exact) mass is 480 g/mol. The maximum absolute atomic E-state index is 6.39. The molecule has 0 spiro atoms. The van der Waals surface area contributed by atoms with Gasteiger partial charge in [0.1, 0.15) is 12.2 Å². The van der Waals surface area contributed by atoms with E-state index in [0.717, 1.165) is 16.7 Å². The zero-order chi connectivity index (χ0) is 23.6. The van der Waals surface area contributed by atoms with E-state index in [0.29, 0.717) is 26.4 Å². The summed E-state index contributed by atoms with van der Waals surface area (Å²) in [6, 6.07) is 30.2. The molecular formula is C28H32O5S. The first-order valence-electron chi connectivity index (χ1n) is 11.5. The highest BCUT2D eigenvalue weighted by Crippen LogP contribution is 2.31. The minimum atomic E-state index is -0.599. The van der Waals surface area contributed by atoms with E-state index in [1.165, 1.54) is 0 Å². The number of rotatable bonds is 11. The smallest absolute Gasteiger partial charge is 0.186 e. The predicted octanol–water partition coefficient (Wildman–Crippen LogP) is 5.04. The Morgan fingerprint density at radius 2 is 1.15 bits per heavy atom. The third kappa shape index (κ3) is 6.92. The first-order valence-corrected chi connectivity index (χ1v) is 12.1. The maximum atomic E-state index is 6.39. The van der Waals surface area contributed by atoms with Gasteiger partial charge in [-0.25, -0.2) is 0 Å². The second-order valence-electron chi connectivity index (χ2n) is 8.29. The average molecular weight is 481 g/mol. The third-order valence-electron chi connectivity index (χ3n) is 5.82. The van der Waals surface area contributed by atoms with Crippen molar-refractivity contribution < 1.29 is 23.7 Å². The summed E-state index contributed by atoms with van der Waals surface area (Å²) >= 11 is 4.91. The van der Waals surface area contributed by atoms with E-state index in [1.54, 1.807) is 7.11 Å².